The summed E-state index contributed by atoms with van der Waals surface area (Å²) in [5.41, 5.74) is 3.34. The maximum absolute atomic E-state index is 12.4. The summed E-state index contributed by atoms with van der Waals surface area (Å²) in [6, 6.07) is 17.5. The molecule has 0 fully saturated rings. The Labute approximate surface area is 153 Å². The summed E-state index contributed by atoms with van der Waals surface area (Å²) in [5.74, 6) is 0.210. The van der Waals surface area contributed by atoms with Crippen LogP contribution in [0.1, 0.15) is 36.7 Å². The minimum atomic E-state index is -0.236. The first-order chi connectivity index (χ1) is 12.4. The number of nitrogens with zero attached hydrogens (tertiary/aromatic N) is 2. The van der Waals surface area contributed by atoms with Crippen LogP contribution in [0.3, 0.4) is 0 Å². The van der Waals surface area contributed by atoms with Gasteiger partial charge >= 0.3 is 0 Å². The molecule has 1 amide bonds. The van der Waals surface area contributed by atoms with Crippen molar-refractivity contribution in [1.82, 2.24) is 9.97 Å². The van der Waals surface area contributed by atoms with E-state index >= 15 is 0 Å². The van der Waals surface area contributed by atoms with Crippen molar-refractivity contribution in [3.8, 4) is 0 Å². The molecule has 0 saturated heterocycles. The average molecular weight is 346 g/mol. The molecule has 2 N–H and O–H groups in total. The molecule has 5 heteroatoms. The first-order valence-electron chi connectivity index (χ1n) is 8.48. The molecule has 3 rings (SSSR count). The molecule has 132 valence electrons. The summed E-state index contributed by atoms with van der Waals surface area (Å²) < 4.78 is 0. The van der Waals surface area contributed by atoms with Crippen LogP contribution in [0, 0.1) is 0 Å². The Morgan fingerprint density at radius 3 is 2.04 bits per heavy atom. The number of carbonyl (C=O) groups excluding carboxylic acids is 1. The highest BCUT2D eigenvalue weighted by Gasteiger charge is 2.13. The van der Waals surface area contributed by atoms with E-state index in [4.69, 9.17) is 0 Å². The van der Waals surface area contributed by atoms with Crippen LogP contribution in [0.25, 0.3) is 0 Å². The van der Waals surface area contributed by atoms with Crippen LogP contribution in [0.5, 0.6) is 0 Å². The monoisotopic (exact) mass is 346 g/mol. The molecule has 0 bridgehead atoms. The van der Waals surface area contributed by atoms with E-state index in [0.717, 1.165) is 11.4 Å². The van der Waals surface area contributed by atoms with Crippen LogP contribution in [0.15, 0.2) is 67.0 Å². The van der Waals surface area contributed by atoms with Gasteiger partial charge in [0, 0.05) is 23.8 Å². The third-order valence-electron chi connectivity index (χ3n) is 3.95. The second-order valence-corrected chi connectivity index (χ2v) is 7.07. The normalized spacial score (nSPS) is 11.0. The first-order valence-corrected chi connectivity index (χ1v) is 8.48. The Hall–Kier alpha value is -3.21. The third kappa shape index (κ3) is 4.45. The lowest BCUT2D eigenvalue weighted by Gasteiger charge is -2.19. The number of carbonyl (C=O) groups is 1. The standard InChI is InChI=1S/C21H22N4O/c1-21(2,3)16-9-11-18(12-10-16)24-19(26)15-13-22-20(23-14-15)25-17-7-5-4-6-8-17/h4-14H,1-3H3,(H,24,26)(H,22,23,25). The van der Waals surface area contributed by atoms with E-state index in [9.17, 15) is 4.79 Å². The predicted octanol–water partition coefficient (Wildman–Crippen LogP) is 4.77. The van der Waals surface area contributed by atoms with E-state index in [2.05, 4.69) is 41.4 Å². The Kier molecular flexibility index (Phi) is 4.98. The SMILES string of the molecule is CC(C)(C)c1ccc(NC(=O)c2cnc(Nc3ccccc3)nc2)cc1. The molecular weight excluding hydrogens is 324 g/mol. The fourth-order valence-corrected chi connectivity index (χ4v) is 2.42. The number of benzene rings is 2. The van der Waals surface area contributed by atoms with Gasteiger partial charge in [0.15, 0.2) is 0 Å². The van der Waals surface area contributed by atoms with Crippen molar-refractivity contribution in [2.45, 2.75) is 26.2 Å². The van der Waals surface area contributed by atoms with Crippen LogP contribution in [-0.2, 0) is 5.41 Å². The highest BCUT2D eigenvalue weighted by Crippen LogP contribution is 2.23. The summed E-state index contributed by atoms with van der Waals surface area (Å²) in [6.45, 7) is 6.47. The molecule has 5 nitrogen and oxygen atoms in total. The van der Waals surface area contributed by atoms with E-state index in [1.807, 2.05) is 54.6 Å². The van der Waals surface area contributed by atoms with Crippen molar-refractivity contribution < 1.29 is 4.79 Å². The summed E-state index contributed by atoms with van der Waals surface area (Å²) in [4.78, 5) is 20.8. The second-order valence-electron chi connectivity index (χ2n) is 7.07. The van der Waals surface area contributed by atoms with Crippen molar-refractivity contribution in [3.63, 3.8) is 0 Å². The van der Waals surface area contributed by atoms with Crippen molar-refractivity contribution in [1.29, 1.82) is 0 Å². The molecule has 0 radical (unpaired) electrons. The molecule has 0 spiro atoms. The summed E-state index contributed by atoms with van der Waals surface area (Å²) in [5, 5.41) is 5.95. The number of para-hydroxylation sites is 1. The maximum Gasteiger partial charge on any atom is 0.258 e. The van der Waals surface area contributed by atoms with Crippen LogP contribution < -0.4 is 10.6 Å². The molecule has 0 aliphatic carbocycles. The lowest BCUT2D eigenvalue weighted by atomic mass is 9.87. The lowest BCUT2D eigenvalue weighted by molar-refractivity contribution is 0.102. The minimum absolute atomic E-state index is 0.0813. The fraction of sp³-hybridized carbons (Fsp3) is 0.190. The van der Waals surface area contributed by atoms with Crippen LogP contribution in [0.2, 0.25) is 0 Å². The summed E-state index contributed by atoms with van der Waals surface area (Å²) >= 11 is 0. The zero-order valence-corrected chi connectivity index (χ0v) is 15.2. The molecular formula is C21H22N4O. The smallest absolute Gasteiger partial charge is 0.258 e. The average Bonchev–Trinajstić information content (AvgIpc) is 2.63. The van der Waals surface area contributed by atoms with Crippen molar-refractivity contribution in [3.05, 3.63) is 78.1 Å². The van der Waals surface area contributed by atoms with Gasteiger partial charge in [-0.25, -0.2) is 9.97 Å². The molecule has 0 atom stereocenters. The van der Waals surface area contributed by atoms with Crippen LogP contribution in [0.4, 0.5) is 17.3 Å². The van der Waals surface area contributed by atoms with E-state index in [1.165, 1.54) is 18.0 Å². The first kappa shape index (κ1) is 17.6. The second kappa shape index (κ2) is 7.35. The topological polar surface area (TPSA) is 66.9 Å². The minimum Gasteiger partial charge on any atom is -0.324 e. The number of aromatic nitrogens is 2. The zero-order chi connectivity index (χ0) is 18.6. The van der Waals surface area contributed by atoms with Gasteiger partial charge in [0.2, 0.25) is 5.95 Å². The van der Waals surface area contributed by atoms with Gasteiger partial charge in [-0.2, -0.15) is 0 Å². The van der Waals surface area contributed by atoms with Gasteiger partial charge in [0.05, 0.1) is 5.56 Å². The Morgan fingerprint density at radius 2 is 1.46 bits per heavy atom. The van der Waals surface area contributed by atoms with Crippen molar-refractivity contribution in [2.24, 2.45) is 0 Å². The van der Waals surface area contributed by atoms with Crippen LogP contribution >= 0.6 is 0 Å². The maximum atomic E-state index is 12.4. The Morgan fingerprint density at radius 1 is 0.846 bits per heavy atom. The number of rotatable bonds is 4. The lowest BCUT2D eigenvalue weighted by Crippen LogP contribution is -2.14. The molecule has 1 heterocycles. The molecule has 26 heavy (non-hydrogen) atoms. The number of nitrogens with one attached hydrogen (secondary N) is 2. The van der Waals surface area contributed by atoms with Crippen molar-refractivity contribution >= 4 is 23.2 Å². The van der Waals surface area contributed by atoms with E-state index in [0.29, 0.717) is 11.5 Å². The van der Waals surface area contributed by atoms with Gasteiger partial charge < -0.3 is 10.6 Å². The van der Waals surface area contributed by atoms with Gasteiger partial charge in [-0.05, 0) is 35.2 Å². The molecule has 2 aromatic carbocycles. The Bertz CT molecular complexity index is 867. The number of hydrogen-bond donors (Lipinski definition) is 2. The summed E-state index contributed by atoms with van der Waals surface area (Å²) in [7, 11) is 0. The molecule has 0 saturated carbocycles. The molecule has 0 aliphatic rings. The summed E-state index contributed by atoms with van der Waals surface area (Å²) in [6.07, 6.45) is 3.02. The zero-order valence-electron chi connectivity index (χ0n) is 15.2. The number of hydrogen-bond acceptors (Lipinski definition) is 4. The Balaban J connectivity index is 1.64. The highest BCUT2D eigenvalue weighted by molar-refractivity contribution is 6.03. The predicted molar refractivity (Wildman–Crippen MR) is 105 cm³/mol. The largest absolute Gasteiger partial charge is 0.324 e. The molecule has 0 aliphatic heterocycles. The number of amides is 1. The highest BCUT2D eigenvalue weighted by atomic mass is 16.1. The number of anilines is 3. The quantitative estimate of drug-likeness (QED) is 0.714. The van der Waals surface area contributed by atoms with Gasteiger partial charge in [-0.15, -0.1) is 0 Å². The van der Waals surface area contributed by atoms with Crippen LogP contribution in [-0.4, -0.2) is 15.9 Å². The van der Waals surface area contributed by atoms with Gasteiger partial charge in [0.25, 0.3) is 5.91 Å². The van der Waals surface area contributed by atoms with Crippen molar-refractivity contribution in [2.75, 3.05) is 10.6 Å². The van der Waals surface area contributed by atoms with E-state index < -0.39 is 0 Å². The molecule has 1 aromatic heterocycles. The molecule has 3 aromatic rings. The fourth-order valence-electron chi connectivity index (χ4n) is 2.42. The van der Waals surface area contributed by atoms with Gasteiger partial charge in [0.1, 0.15) is 0 Å². The third-order valence-corrected chi connectivity index (χ3v) is 3.95. The van der Waals surface area contributed by atoms with E-state index in [1.54, 1.807) is 0 Å². The molecule has 0 unspecified atom stereocenters. The van der Waals surface area contributed by atoms with Gasteiger partial charge in [-0.1, -0.05) is 51.1 Å². The van der Waals surface area contributed by atoms with E-state index in [-0.39, 0.29) is 11.3 Å². The van der Waals surface area contributed by atoms with Gasteiger partial charge in [-0.3, -0.25) is 4.79 Å².